The van der Waals surface area contributed by atoms with E-state index in [1.54, 1.807) is 37.6 Å². The molecule has 0 fully saturated rings. The molecule has 0 saturated heterocycles. The predicted octanol–water partition coefficient (Wildman–Crippen LogP) is 1.67. The molecular formula is C15H18ClN5O4S. The number of oxime groups is 1. The largest absolute Gasteiger partial charge is 0.379 e. The first-order valence-corrected chi connectivity index (χ1v) is 9.98. The highest BCUT2D eigenvalue weighted by molar-refractivity contribution is 7.90. The van der Waals surface area contributed by atoms with Gasteiger partial charge in [0.15, 0.2) is 15.0 Å². The number of pyridine rings is 1. The number of anilines is 1. The maximum absolute atomic E-state index is 12.6. The van der Waals surface area contributed by atoms with E-state index < -0.39 is 21.7 Å². The number of rotatable bonds is 7. The van der Waals surface area contributed by atoms with Crippen molar-refractivity contribution in [3.63, 3.8) is 0 Å². The molecule has 1 amide bonds. The van der Waals surface area contributed by atoms with E-state index in [0.717, 1.165) is 6.26 Å². The Balaban J connectivity index is 2.24. The number of carbonyl (C=O) groups is 1. The van der Waals surface area contributed by atoms with Gasteiger partial charge in [-0.1, -0.05) is 16.8 Å². The summed E-state index contributed by atoms with van der Waals surface area (Å²) in [6.45, 7) is 3.49. The van der Waals surface area contributed by atoms with E-state index in [0.29, 0.717) is 17.9 Å². The van der Waals surface area contributed by atoms with E-state index in [2.05, 4.69) is 15.2 Å². The van der Waals surface area contributed by atoms with Crippen LogP contribution in [0.1, 0.15) is 13.8 Å². The molecular weight excluding hydrogens is 382 g/mol. The number of aromatic nitrogens is 3. The zero-order chi connectivity index (χ0) is 19.3. The summed E-state index contributed by atoms with van der Waals surface area (Å²) < 4.78 is 23.6. The minimum Gasteiger partial charge on any atom is -0.379 e. The van der Waals surface area contributed by atoms with E-state index in [9.17, 15) is 13.2 Å². The van der Waals surface area contributed by atoms with Crippen molar-refractivity contribution in [3.8, 4) is 5.69 Å². The smallest absolute Gasteiger partial charge is 0.275 e. The molecule has 140 valence electrons. The lowest BCUT2D eigenvalue weighted by molar-refractivity contribution is -0.112. The van der Waals surface area contributed by atoms with Crippen LogP contribution in [0.25, 0.3) is 5.69 Å². The van der Waals surface area contributed by atoms with Gasteiger partial charge in [-0.2, -0.15) is 5.10 Å². The number of hydrogen-bond acceptors (Lipinski definition) is 7. The average Bonchev–Trinajstić information content (AvgIpc) is 2.97. The number of hydrogen-bond donors (Lipinski definition) is 0. The van der Waals surface area contributed by atoms with Gasteiger partial charge >= 0.3 is 0 Å². The molecule has 0 unspecified atom stereocenters. The molecule has 0 aromatic carbocycles. The summed E-state index contributed by atoms with van der Waals surface area (Å²) in [5.41, 5.74) is 1.06. The summed E-state index contributed by atoms with van der Waals surface area (Å²) in [4.78, 5) is 22.7. The molecule has 2 rings (SSSR count). The zero-order valence-electron chi connectivity index (χ0n) is 14.5. The molecule has 0 N–H and O–H groups in total. The molecule has 0 atom stereocenters. The second-order valence-electron chi connectivity index (χ2n) is 5.36. The zero-order valence-corrected chi connectivity index (χ0v) is 16.0. The fourth-order valence-electron chi connectivity index (χ4n) is 2.02. The van der Waals surface area contributed by atoms with Gasteiger partial charge in [0.05, 0.1) is 18.1 Å². The van der Waals surface area contributed by atoms with Crippen molar-refractivity contribution in [3.05, 3.63) is 35.9 Å². The van der Waals surface area contributed by atoms with Crippen LogP contribution in [0.15, 0.2) is 35.9 Å². The van der Waals surface area contributed by atoms with Gasteiger partial charge in [-0.25, -0.2) is 13.1 Å². The van der Waals surface area contributed by atoms with Crippen molar-refractivity contribution in [1.82, 2.24) is 14.8 Å². The Kier molecular flexibility index (Phi) is 6.32. The second kappa shape index (κ2) is 8.28. The van der Waals surface area contributed by atoms with Crippen molar-refractivity contribution >= 4 is 38.7 Å². The third-order valence-electron chi connectivity index (χ3n) is 3.19. The lowest BCUT2D eigenvalue weighted by Gasteiger charge is -2.18. The van der Waals surface area contributed by atoms with Gasteiger partial charge in [0, 0.05) is 19.0 Å². The summed E-state index contributed by atoms with van der Waals surface area (Å²) >= 11 is 6.18. The Labute approximate surface area is 156 Å². The lowest BCUT2D eigenvalue weighted by Crippen LogP contribution is -2.35. The molecule has 9 nitrogen and oxygen atoms in total. The highest BCUT2D eigenvalue weighted by Crippen LogP contribution is 2.26. The maximum atomic E-state index is 12.6. The number of nitrogens with zero attached hydrogens (tertiary/aromatic N) is 5. The van der Waals surface area contributed by atoms with Crippen LogP contribution in [-0.2, 0) is 19.5 Å². The van der Waals surface area contributed by atoms with Gasteiger partial charge in [0.1, 0.15) is 11.4 Å². The average molecular weight is 400 g/mol. The molecule has 0 aliphatic carbocycles. The van der Waals surface area contributed by atoms with E-state index in [-0.39, 0.29) is 10.9 Å². The Bertz CT molecular complexity index is 911. The van der Waals surface area contributed by atoms with Crippen LogP contribution in [0.5, 0.6) is 0 Å². The fourth-order valence-corrected chi connectivity index (χ4v) is 2.50. The van der Waals surface area contributed by atoms with Crippen molar-refractivity contribution in [1.29, 1.82) is 0 Å². The van der Waals surface area contributed by atoms with Crippen LogP contribution in [0.3, 0.4) is 0 Å². The van der Waals surface area contributed by atoms with E-state index >= 15 is 0 Å². The third-order valence-corrected chi connectivity index (χ3v) is 3.99. The number of carbonyl (C=O) groups excluding carboxylic acids is 1. The number of halogens is 1. The van der Waals surface area contributed by atoms with Crippen LogP contribution in [0.4, 0.5) is 5.69 Å². The third kappa shape index (κ3) is 5.02. The van der Waals surface area contributed by atoms with Crippen molar-refractivity contribution in [2.24, 2.45) is 5.16 Å². The minimum absolute atomic E-state index is 0.0132. The minimum atomic E-state index is -3.35. The Morgan fingerprint density at radius 1 is 1.46 bits per heavy atom. The Morgan fingerprint density at radius 2 is 2.19 bits per heavy atom. The molecule has 26 heavy (non-hydrogen) atoms. The summed E-state index contributed by atoms with van der Waals surface area (Å²) in [6.07, 6.45) is 5.85. The highest BCUT2D eigenvalue weighted by Gasteiger charge is 2.22. The van der Waals surface area contributed by atoms with E-state index in [1.807, 2.05) is 0 Å². The van der Waals surface area contributed by atoms with Crippen LogP contribution in [-0.4, -0.2) is 53.5 Å². The number of sulfone groups is 1. The molecule has 0 bridgehead atoms. The van der Waals surface area contributed by atoms with Crippen molar-refractivity contribution in [2.45, 2.75) is 13.8 Å². The molecule has 0 aliphatic heterocycles. The number of amides is 1. The van der Waals surface area contributed by atoms with Gasteiger partial charge in [0.2, 0.25) is 5.94 Å². The molecule has 0 aliphatic rings. The van der Waals surface area contributed by atoms with Gasteiger partial charge < -0.3 is 9.74 Å². The maximum Gasteiger partial charge on any atom is 0.275 e. The molecule has 2 heterocycles. The molecule has 0 saturated carbocycles. The fraction of sp³-hybridized carbons (Fsp3) is 0.333. The predicted molar refractivity (Wildman–Crippen MR) is 98.3 cm³/mol. The summed E-state index contributed by atoms with van der Waals surface area (Å²) in [6, 6.07) is 3.55. The molecule has 0 spiro atoms. The molecule has 2 aromatic rings. The Hall–Kier alpha value is -2.46. The van der Waals surface area contributed by atoms with E-state index in [1.165, 1.54) is 16.5 Å². The van der Waals surface area contributed by atoms with Gasteiger partial charge in [-0.15, -0.1) is 0 Å². The first kappa shape index (κ1) is 19.9. The van der Waals surface area contributed by atoms with E-state index in [4.69, 9.17) is 16.4 Å². The SMILES string of the molecule is CCN(C(=O)/C(C)=N/OCS(C)(=O)=O)c1cn(-c2cccnc2)nc1Cl. The summed E-state index contributed by atoms with van der Waals surface area (Å²) in [5, 5.41) is 7.88. The van der Waals surface area contributed by atoms with Crippen LogP contribution in [0, 0.1) is 0 Å². The normalized spacial score (nSPS) is 12.1. The molecule has 0 radical (unpaired) electrons. The topological polar surface area (TPSA) is 107 Å². The second-order valence-corrected chi connectivity index (χ2v) is 7.80. The first-order chi connectivity index (χ1) is 12.2. The van der Waals surface area contributed by atoms with Crippen LogP contribution in [0.2, 0.25) is 5.15 Å². The van der Waals surface area contributed by atoms with Crippen LogP contribution < -0.4 is 4.90 Å². The Morgan fingerprint density at radius 3 is 2.77 bits per heavy atom. The van der Waals surface area contributed by atoms with Gasteiger partial charge in [-0.3, -0.25) is 9.78 Å². The standard InChI is InChI=1S/C15H18ClN5O4S/c1-4-20(15(22)11(2)19-25-10-26(3,23)24)13-9-21(18-14(13)16)12-6-5-7-17-8-12/h5-9H,4,10H2,1-3H3/b19-11+. The van der Waals surface area contributed by atoms with Crippen molar-refractivity contribution in [2.75, 3.05) is 23.6 Å². The quantitative estimate of drug-likeness (QED) is 0.517. The highest BCUT2D eigenvalue weighted by atomic mass is 35.5. The van der Waals surface area contributed by atoms with Gasteiger partial charge in [-0.05, 0) is 26.0 Å². The molecule has 11 heteroatoms. The summed E-state index contributed by atoms with van der Waals surface area (Å²) in [7, 11) is -3.35. The lowest BCUT2D eigenvalue weighted by atomic mass is 10.3. The monoisotopic (exact) mass is 399 g/mol. The summed E-state index contributed by atoms with van der Waals surface area (Å²) in [5.74, 6) is -1.09. The first-order valence-electron chi connectivity index (χ1n) is 7.54. The van der Waals surface area contributed by atoms with Crippen molar-refractivity contribution < 1.29 is 18.0 Å². The van der Waals surface area contributed by atoms with Crippen LogP contribution >= 0.6 is 11.6 Å². The molecule has 2 aromatic heterocycles. The van der Waals surface area contributed by atoms with Gasteiger partial charge in [0.25, 0.3) is 5.91 Å².